The summed E-state index contributed by atoms with van der Waals surface area (Å²) in [4.78, 5) is 16.2. The van der Waals surface area contributed by atoms with Gasteiger partial charge in [0.15, 0.2) is 0 Å². The van der Waals surface area contributed by atoms with Gasteiger partial charge in [0.2, 0.25) is 0 Å². The molecule has 1 heterocycles. The van der Waals surface area contributed by atoms with E-state index in [-0.39, 0.29) is 5.91 Å². The largest absolute Gasteiger partial charge is 0.352 e. The molecule has 5 heteroatoms. The standard InChI is InChI=1S/C13H13BrN2OS/c1-9-2-3-12(14)11(6-9)13(17)15-5-4-10-7-18-8-16-10/h2-3,6-8H,4-5H2,1H3,(H,15,17). The van der Waals surface area contributed by atoms with Crippen molar-refractivity contribution in [3.8, 4) is 0 Å². The van der Waals surface area contributed by atoms with Gasteiger partial charge in [0, 0.05) is 22.8 Å². The zero-order valence-electron chi connectivity index (χ0n) is 9.94. The summed E-state index contributed by atoms with van der Waals surface area (Å²) >= 11 is 4.96. The highest BCUT2D eigenvalue weighted by atomic mass is 79.9. The van der Waals surface area contributed by atoms with E-state index in [4.69, 9.17) is 0 Å². The van der Waals surface area contributed by atoms with E-state index in [0.29, 0.717) is 12.1 Å². The highest BCUT2D eigenvalue weighted by molar-refractivity contribution is 9.10. The fourth-order valence-corrected chi connectivity index (χ4v) is 2.59. The molecular formula is C13H13BrN2OS. The third-order valence-electron chi connectivity index (χ3n) is 2.52. The van der Waals surface area contributed by atoms with Crippen molar-refractivity contribution in [3.63, 3.8) is 0 Å². The van der Waals surface area contributed by atoms with Crippen molar-refractivity contribution in [3.05, 3.63) is 50.4 Å². The summed E-state index contributed by atoms with van der Waals surface area (Å²) in [6.07, 6.45) is 0.763. The van der Waals surface area contributed by atoms with Gasteiger partial charge in [-0.3, -0.25) is 4.79 Å². The number of benzene rings is 1. The van der Waals surface area contributed by atoms with E-state index in [0.717, 1.165) is 22.2 Å². The van der Waals surface area contributed by atoms with Crippen molar-refractivity contribution in [2.24, 2.45) is 0 Å². The molecule has 0 aliphatic rings. The normalized spacial score (nSPS) is 10.3. The van der Waals surface area contributed by atoms with Gasteiger partial charge in [-0.1, -0.05) is 11.6 Å². The number of amides is 1. The van der Waals surface area contributed by atoms with Gasteiger partial charge >= 0.3 is 0 Å². The van der Waals surface area contributed by atoms with Crippen LogP contribution in [-0.2, 0) is 6.42 Å². The zero-order valence-corrected chi connectivity index (χ0v) is 12.3. The number of halogens is 1. The van der Waals surface area contributed by atoms with Crippen molar-refractivity contribution >= 4 is 33.2 Å². The average Bonchev–Trinajstić information content (AvgIpc) is 2.85. The van der Waals surface area contributed by atoms with Gasteiger partial charge in [-0.25, -0.2) is 4.98 Å². The van der Waals surface area contributed by atoms with E-state index in [1.165, 1.54) is 0 Å². The maximum absolute atomic E-state index is 12.0. The van der Waals surface area contributed by atoms with Crippen molar-refractivity contribution in [2.45, 2.75) is 13.3 Å². The van der Waals surface area contributed by atoms with Gasteiger partial charge in [-0.2, -0.15) is 0 Å². The lowest BCUT2D eigenvalue weighted by atomic mass is 10.1. The highest BCUT2D eigenvalue weighted by Crippen LogP contribution is 2.17. The molecule has 94 valence electrons. The fraction of sp³-hybridized carbons (Fsp3) is 0.231. The minimum Gasteiger partial charge on any atom is -0.352 e. The number of carbonyl (C=O) groups is 1. The first-order valence-electron chi connectivity index (χ1n) is 5.58. The van der Waals surface area contributed by atoms with E-state index in [1.807, 2.05) is 30.5 Å². The molecule has 1 N–H and O–H groups in total. The van der Waals surface area contributed by atoms with Crippen LogP contribution in [0.2, 0.25) is 0 Å². The Balaban J connectivity index is 1.93. The van der Waals surface area contributed by atoms with Crippen LogP contribution in [0.1, 0.15) is 21.6 Å². The highest BCUT2D eigenvalue weighted by Gasteiger charge is 2.09. The number of thiazole rings is 1. The Morgan fingerprint density at radius 1 is 1.50 bits per heavy atom. The SMILES string of the molecule is Cc1ccc(Br)c(C(=O)NCCc2cscn2)c1. The minimum atomic E-state index is -0.0548. The topological polar surface area (TPSA) is 42.0 Å². The van der Waals surface area contributed by atoms with E-state index in [2.05, 4.69) is 26.2 Å². The Hall–Kier alpha value is -1.20. The Bertz CT molecular complexity index is 540. The Labute approximate surface area is 118 Å². The van der Waals surface area contributed by atoms with Gasteiger partial charge in [0.25, 0.3) is 5.91 Å². The van der Waals surface area contributed by atoms with Crippen molar-refractivity contribution in [1.82, 2.24) is 10.3 Å². The first kappa shape index (κ1) is 13.2. The molecule has 0 atom stereocenters. The van der Waals surface area contributed by atoms with Gasteiger partial charge < -0.3 is 5.32 Å². The summed E-state index contributed by atoms with van der Waals surface area (Å²) < 4.78 is 0.819. The lowest BCUT2D eigenvalue weighted by molar-refractivity contribution is 0.0953. The first-order chi connectivity index (χ1) is 8.66. The molecule has 0 radical (unpaired) electrons. The van der Waals surface area contributed by atoms with Gasteiger partial charge in [-0.15, -0.1) is 11.3 Å². The van der Waals surface area contributed by atoms with Crippen LogP contribution in [0.25, 0.3) is 0 Å². The molecule has 3 nitrogen and oxygen atoms in total. The van der Waals surface area contributed by atoms with Crippen LogP contribution in [0, 0.1) is 6.92 Å². The summed E-state index contributed by atoms with van der Waals surface area (Å²) in [5.41, 5.74) is 4.56. The Morgan fingerprint density at radius 2 is 2.33 bits per heavy atom. The molecule has 0 unspecified atom stereocenters. The molecule has 0 fully saturated rings. The summed E-state index contributed by atoms with van der Waals surface area (Å²) in [5.74, 6) is -0.0548. The molecule has 2 rings (SSSR count). The fourth-order valence-electron chi connectivity index (χ4n) is 1.57. The molecule has 0 saturated heterocycles. The van der Waals surface area contributed by atoms with Crippen LogP contribution in [0.15, 0.2) is 33.6 Å². The summed E-state index contributed by atoms with van der Waals surface area (Å²) in [6.45, 7) is 2.57. The number of rotatable bonds is 4. The molecule has 1 aromatic carbocycles. The number of carbonyl (C=O) groups excluding carboxylic acids is 1. The number of nitrogens with zero attached hydrogens (tertiary/aromatic N) is 1. The predicted octanol–water partition coefficient (Wildman–Crippen LogP) is 3.19. The first-order valence-corrected chi connectivity index (χ1v) is 7.32. The smallest absolute Gasteiger partial charge is 0.252 e. The van der Waals surface area contributed by atoms with Crippen LogP contribution in [0.5, 0.6) is 0 Å². The lowest BCUT2D eigenvalue weighted by Gasteiger charge is -2.07. The van der Waals surface area contributed by atoms with Crippen molar-refractivity contribution in [2.75, 3.05) is 6.54 Å². The van der Waals surface area contributed by atoms with Crippen LogP contribution in [-0.4, -0.2) is 17.4 Å². The molecule has 1 amide bonds. The number of hydrogen-bond acceptors (Lipinski definition) is 3. The molecule has 2 aromatic rings. The molecule has 0 spiro atoms. The second-order valence-corrected chi connectivity index (χ2v) is 5.54. The minimum absolute atomic E-state index is 0.0548. The van der Waals surface area contributed by atoms with Gasteiger partial charge in [0.1, 0.15) is 0 Å². The molecule has 0 saturated carbocycles. The second-order valence-electron chi connectivity index (χ2n) is 3.97. The summed E-state index contributed by atoms with van der Waals surface area (Å²) in [6, 6.07) is 5.74. The van der Waals surface area contributed by atoms with Crippen LogP contribution in [0.4, 0.5) is 0 Å². The van der Waals surface area contributed by atoms with Crippen molar-refractivity contribution < 1.29 is 4.79 Å². The monoisotopic (exact) mass is 324 g/mol. The van der Waals surface area contributed by atoms with E-state index < -0.39 is 0 Å². The summed E-state index contributed by atoms with van der Waals surface area (Å²) in [7, 11) is 0. The van der Waals surface area contributed by atoms with Gasteiger partial charge in [-0.05, 0) is 35.0 Å². The Morgan fingerprint density at radius 3 is 3.06 bits per heavy atom. The summed E-state index contributed by atoms with van der Waals surface area (Å²) in [5, 5.41) is 4.90. The average molecular weight is 325 g/mol. The third-order valence-corrected chi connectivity index (χ3v) is 3.84. The van der Waals surface area contributed by atoms with Crippen LogP contribution in [0.3, 0.4) is 0 Å². The van der Waals surface area contributed by atoms with E-state index >= 15 is 0 Å². The van der Waals surface area contributed by atoms with E-state index in [1.54, 1.807) is 16.8 Å². The number of aromatic nitrogens is 1. The maximum atomic E-state index is 12.0. The predicted molar refractivity (Wildman–Crippen MR) is 77.0 cm³/mol. The number of aryl methyl sites for hydroxylation is 1. The second kappa shape index (κ2) is 6.11. The number of hydrogen-bond donors (Lipinski definition) is 1. The molecular weight excluding hydrogens is 312 g/mol. The maximum Gasteiger partial charge on any atom is 0.252 e. The van der Waals surface area contributed by atoms with Gasteiger partial charge in [0.05, 0.1) is 16.8 Å². The molecule has 18 heavy (non-hydrogen) atoms. The quantitative estimate of drug-likeness (QED) is 0.938. The van der Waals surface area contributed by atoms with E-state index in [9.17, 15) is 4.79 Å². The van der Waals surface area contributed by atoms with Crippen LogP contribution >= 0.6 is 27.3 Å². The number of nitrogens with one attached hydrogen (secondary N) is 1. The molecule has 0 aliphatic heterocycles. The molecule has 0 bridgehead atoms. The van der Waals surface area contributed by atoms with Crippen LogP contribution < -0.4 is 5.32 Å². The molecule has 1 aromatic heterocycles. The third kappa shape index (κ3) is 3.40. The molecule has 0 aliphatic carbocycles. The zero-order chi connectivity index (χ0) is 13.0. The Kier molecular flexibility index (Phi) is 4.49. The van der Waals surface area contributed by atoms with Crippen molar-refractivity contribution in [1.29, 1.82) is 0 Å². The lowest BCUT2D eigenvalue weighted by Crippen LogP contribution is -2.26.